The number of nitrogens with zero attached hydrogens (tertiary/aromatic N) is 2. The van der Waals surface area contributed by atoms with Crippen LogP contribution in [0.1, 0.15) is 24.0 Å². The number of amides is 1. The number of rotatable bonds is 4. The standard InChI is InChI=1S/C16H23N3O/c1-12-3-6-15(13(9-12)10-17-14-4-5-14)19-8-7-18(2)16(20)11-19/h3,6,9,14,17H,4-5,7-8,10-11H2,1-2H3. The van der Waals surface area contributed by atoms with Crippen molar-refractivity contribution in [2.45, 2.75) is 32.4 Å². The molecule has 2 fully saturated rings. The van der Waals surface area contributed by atoms with Crippen LogP contribution in [0.4, 0.5) is 5.69 Å². The Morgan fingerprint density at radius 3 is 2.80 bits per heavy atom. The van der Waals surface area contributed by atoms with Crippen LogP contribution >= 0.6 is 0 Å². The molecule has 2 aliphatic rings. The molecule has 0 spiro atoms. The first-order chi connectivity index (χ1) is 9.63. The average molecular weight is 273 g/mol. The predicted molar refractivity (Wildman–Crippen MR) is 80.9 cm³/mol. The van der Waals surface area contributed by atoms with Gasteiger partial charge in [-0.15, -0.1) is 0 Å². The highest BCUT2D eigenvalue weighted by molar-refractivity contribution is 5.83. The maximum absolute atomic E-state index is 11.9. The lowest BCUT2D eigenvalue weighted by atomic mass is 10.1. The van der Waals surface area contributed by atoms with Gasteiger partial charge in [-0.1, -0.05) is 17.7 Å². The number of benzene rings is 1. The first-order valence-electron chi connectivity index (χ1n) is 7.45. The number of likely N-dealkylation sites (N-methyl/N-ethyl adjacent to an activating group) is 1. The second-order valence-electron chi connectivity index (χ2n) is 6.02. The van der Waals surface area contributed by atoms with Crippen LogP contribution in [0.2, 0.25) is 0 Å². The van der Waals surface area contributed by atoms with E-state index in [0.717, 1.165) is 19.6 Å². The van der Waals surface area contributed by atoms with E-state index >= 15 is 0 Å². The van der Waals surface area contributed by atoms with Crippen molar-refractivity contribution < 1.29 is 4.79 Å². The third-order valence-electron chi connectivity index (χ3n) is 4.19. The smallest absolute Gasteiger partial charge is 0.241 e. The fourth-order valence-electron chi connectivity index (χ4n) is 2.67. The quantitative estimate of drug-likeness (QED) is 0.903. The number of hydrogen-bond acceptors (Lipinski definition) is 3. The molecule has 1 saturated carbocycles. The van der Waals surface area contributed by atoms with Gasteiger partial charge in [0.1, 0.15) is 0 Å². The molecule has 0 radical (unpaired) electrons. The lowest BCUT2D eigenvalue weighted by Crippen LogP contribution is -2.48. The molecule has 4 heteroatoms. The van der Waals surface area contributed by atoms with Crippen LogP contribution < -0.4 is 10.2 Å². The predicted octanol–water partition coefficient (Wildman–Crippen LogP) is 1.53. The molecule has 1 amide bonds. The van der Waals surface area contributed by atoms with Gasteiger partial charge < -0.3 is 15.1 Å². The Bertz CT molecular complexity index is 510. The van der Waals surface area contributed by atoms with Gasteiger partial charge in [0.05, 0.1) is 6.54 Å². The zero-order chi connectivity index (χ0) is 14.1. The zero-order valence-electron chi connectivity index (χ0n) is 12.4. The Balaban J connectivity index is 1.78. The molecular weight excluding hydrogens is 250 g/mol. The largest absolute Gasteiger partial charge is 0.360 e. The van der Waals surface area contributed by atoms with Crippen LogP contribution in [0, 0.1) is 6.92 Å². The molecule has 1 heterocycles. The Morgan fingerprint density at radius 1 is 1.30 bits per heavy atom. The lowest BCUT2D eigenvalue weighted by molar-refractivity contribution is -0.129. The summed E-state index contributed by atoms with van der Waals surface area (Å²) >= 11 is 0. The minimum atomic E-state index is 0.206. The third kappa shape index (κ3) is 2.96. The molecule has 0 aromatic heterocycles. The molecule has 1 aliphatic heterocycles. The Kier molecular flexibility index (Phi) is 3.66. The van der Waals surface area contributed by atoms with E-state index in [1.807, 2.05) is 11.9 Å². The van der Waals surface area contributed by atoms with Crippen LogP contribution in [0.3, 0.4) is 0 Å². The zero-order valence-corrected chi connectivity index (χ0v) is 12.4. The molecular formula is C16H23N3O. The number of aryl methyl sites for hydroxylation is 1. The van der Waals surface area contributed by atoms with E-state index in [1.54, 1.807) is 0 Å². The Labute approximate surface area is 120 Å². The highest BCUT2D eigenvalue weighted by Crippen LogP contribution is 2.25. The van der Waals surface area contributed by atoms with Crippen LogP contribution in [0.5, 0.6) is 0 Å². The van der Waals surface area contributed by atoms with E-state index in [-0.39, 0.29) is 5.91 Å². The van der Waals surface area contributed by atoms with Gasteiger partial charge in [0.15, 0.2) is 0 Å². The van der Waals surface area contributed by atoms with Gasteiger partial charge >= 0.3 is 0 Å². The first kappa shape index (κ1) is 13.4. The van der Waals surface area contributed by atoms with Crippen LogP contribution in [0.25, 0.3) is 0 Å². The average Bonchev–Trinajstić information content (AvgIpc) is 3.24. The maximum atomic E-state index is 11.9. The van der Waals surface area contributed by atoms with Crippen molar-refractivity contribution >= 4 is 11.6 Å². The maximum Gasteiger partial charge on any atom is 0.241 e. The minimum absolute atomic E-state index is 0.206. The summed E-state index contributed by atoms with van der Waals surface area (Å²) in [7, 11) is 1.88. The molecule has 0 unspecified atom stereocenters. The van der Waals surface area contributed by atoms with Gasteiger partial charge in [-0.3, -0.25) is 4.79 Å². The summed E-state index contributed by atoms with van der Waals surface area (Å²) in [6.45, 7) is 5.25. The van der Waals surface area contributed by atoms with Gasteiger partial charge in [-0.2, -0.15) is 0 Å². The van der Waals surface area contributed by atoms with E-state index in [0.29, 0.717) is 12.6 Å². The number of piperazine rings is 1. The topological polar surface area (TPSA) is 35.6 Å². The molecule has 0 atom stereocenters. The monoisotopic (exact) mass is 273 g/mol. The summed E-state index contributed by atoms with van der Waals surface area (Å²) in [5.41, 5.74) is 3.81. The molecule has 20 heavy (non-hydrogen) atoms. The van der Waals surface area contributed by atoms with Crippen molar-refractivity contribution in [2.24, 2.45) is 0 Å². The number of carbonyl (C=O) groups is 1. The molecule has 0 bridgehead atoms. The molecule has 108 valence electrons. The lowest BCUT2D eigenvalue weighted by Gasteiger charge is -2.34. The van der Waals surface area contributed by atoms with E-state index in [1.165, 1.54) is 29.7 Å². The van der Waals surface area contributed by atoms with Crippen molar-refractivity contribution in [3.05, 3.63) is 29.3 Å². The highest BCUT2D eigenvalue weighted by atomic mass is 16.2. The summed E-state index contributed by atoms with van der Waals surface area (Å²) in [6, 6.07) is 7.25. The van der Waals surface area contributed by atoms with Crippen molar-refractivity contribution in [2.75, 3.05) is 31.6 Å². The van der Waals surface area contributed by atoms with Gasteiger partial charge in [0.2, 0.25) is 5.91 Å². The van der Waals surface area contributed by atoms with Gasteiger partial charge in [-0.05, 0) is 31.4 Å². The SMILES string of the molecule is Cc1ccc(N2CCN(C)C(=O)C2)c(CNC2CC2)c1. The molecule has 1 saturated heterocycles. The van der Waals surface area contributed by atoms with Crippen LogP contribution in [-0.2, 0) is 11.3 Å². The summed E-state index contributed by atoms with van der Waals surface area (Å²) in [5, 5.41) is 3.58. The van der Waals surface area contributed by atoms with Crippen molar-refractivity contribution in [3.63, 3.8) is 0 Å². The van der Waals surface area contributed by atoms with E-state index in [2.05, 4.69) is 35.3 Å². The van der Waals surface area contributed by atoms with Gasteiger partial charge in [0, 0.05) is 38.4 Å². The van der Waals surface area contributed by atoms with Gasteiger partial charge in [0.25, 0.3) is 0 Å². The summed E-state index contributed by atoms with van der Waals surface area (Å²) in [5.74, 6) is 0.206. The van der Waals surface area contributed by atoms with Crippen molar-refractivity contribution in [1.82, 2.24) is 10.2 Å². The fourth-order valence-corrected chi connectivity index (χ4v) is 2.67. The minimum Gasteiger partial charge on any atom is -0.360 e. The normalized spacial score (nSPS) is 19.6. The van der Waals surface area contributed by atoms with E-state index in [9.17, 15) is 4.79 Å². The Morgan fingerprint density at radius 2 is 2.10 bits per heavy atom. The van der Waals surface area contributed by atoms with Crippen molar-refractivity contribution in [1.29, 1.82) is 0 Å². The second-order valence-corrected chi connectivity index (χ2v) is 6.02. The number of anilines is 1. The summed E-state index contributed by atoms with van der Waals surface area (Å²) < 4.78 is 0. The van der Waals surface area contributed by atoms with Crippen LogP contribution in [-0.4, -0.2) is 43.5 Å². The van der Waals surface area contributed by atoms with Crippen molar-refractivity contribution in [3.8, 4) is 0 Å². The molecule has 1 aliphatic carbocycles. The number of carbonyl (C=O) groups excluding carboxylic acids is 1. The van der Waals surface area contributed by atoms with E-state index in [4.69, 9.17) is 0 Å². The molecule has 3 rings (SSSR count). The van der Waals surface area contributed by atoms with Crippen LogP contribution in [0.15, 0.2) is 18.2 Å². The highest BCUT2D eigenvalue weighted by Gasteiger charge is 2.24. The first-order valence-corrected chi connectivity index (χ1v) is 7.45. The second kappa shape index (κ2) is 5.44. The Hall–Kier alpha value is -1.55. The summed E-state index contributed by atoms with van der Waals surface area (Å²) in [6.07, 6.45) is 2.60. The third-order valence-corrected chi connectivity index (χ3v) is 4.19. The molecule has 1 aromatic rings. The summed E-state index contributed by atoms with van der Waals surface area (Å²) in [4.78, 5) is 15.9. The fraction of sp³-hybridized carbons (Fsp3) is 0.562. The molecule has 1 aromatic carbocycles. The van der Waals surface area contributed by atoms with E-state index < -0.39 is 0 Å². The molecule has 4 nitrogen and oxygen atoms in total. The number of nitrogens with one attached hydrogen (secondary N) is 1. The number of hydrogen-bond donors (Lipinski definition) is 1. The molecule has 1 N–H and O–H groups in total. The van der Waals surface area contributed by atoms with Gasteiger partial charge in [-0.25, -0.2) is 0 Å².